The Kier molecular flexibility index (Phi) is 5.43. The molecule has 0 aliphatic rings. The summed E-state index contributed by atoms with van der Waals surface area (Å²) in [5, 5.41) is 12.1. The summed E-state index contributed by atoms with van der Waals surface area (Å²) in [7, 11) is 1.48. The number of nitrogens with one attached hydrogen (secondary N) is 1. The Balaban J connectivity index is 2.47. The quantitative estimate of drug-likeness (QED) is 0.907. The lowest BCUT2D eigenvalue weighted by Gasteiger charge is -2.15. The number of carbonyl (C=O) groups is 1. The first kappa shape index (κ1) is 17.4. The summed E-state index contributed by atoms with van der Waals surface area (Å²) >= 11 is 0. The number of carbonyl (C=O) groups excluding carboxylic acids is 1. The molecule has 2 rings (SSSR count). The number of nitrogens with zero attached hydrogens (tertiary/aromatic N) is 1. The van der Waals surface area contributed by atoms with Crippen LogP contribution in [0, 0.1) is 25.2 Å². The molecule has 0 saturated carbocycles. The van der Waals surface area contributed by atoms with E-state index in [-0.39, 0.29) is 11.5 Å². The van der Waals surface area contributed by atoms with Crippen LogP contribution in [0.25, 0.3) is 0 Å². The van der Waals surface area contributed by atoms with Crippen molar-refractivity contribution in [3.63, 3.8) is 0 Å². The van der Waals surface area contributed by atoms with Crippen LogP contribution in [0.15, 0.2) is 30.3 Å². The maximum absolute atomic E-state index is 12.8. The molecule has 1 N–H and O–H groups in total. The lowest BCUT2D eigenvalue weighted by Crippen LogP contribution is -2.15. The second-order valence-corrected chi connectivity index (χ2v) is 5.37. The molecule has 0 bridgehead atoms. The van der Waals surface area contributed by atoms with Gasteiger partial charge in [-0.25, -0.2) is 0 Å². The maximum Gasteiger partial charge on any atom is 0.259 e. The van der Waals surface area contributed by atoms with Gasteiger partial charge in [0.1, 0.15) is 0 Å². The fraction of sp³-hybridized carbons (Fsp3) is 0.263. The van der Waals surface area contributed by atoms with Crippen LogP contribution in [-0.2, 0) is 0 Å². The third kappa shape index (κ3) is 3.66. The first-order valence-corrected chi connectivity index (χ1v) is 7.63. The van der Waals surface area contributed by atoms with E-state index in [1.807, 2.05) is 45.0 Å². The number of hydrogen-bond donors (Lipinski definition) is 1. The normalized spacial score (nSPS) is 9.96. The van der Waals surface area contributed by atoms with E-state index in [9.17, 15) is 10.1 Å². The average molecular weight is 324 g/mol. The summed E-state index contributed by atoms with van der Waals surface area (Å²) in [5.74, 6) is 0.353. The van der Waals surface area contributed by atoms with Crippen LogP contribution in [0.3, 0.4) is 0 Å². The van der Waals surface area contributed by atoms with Crippen molar-refractivity contribution >= 4 is 11.6 Å². The highest BCUT2D eigenvalue weighted by atomic mass is 16.5. The Morgan fingerprint density at radius 2 is 2.00 bits per heavy atom. The molecule has 1 amide bonds. The largest absolute Gasteiger partial charge is 0.493 e. The zero-order valence-electron chi connectivity index (χ0n) is 14.3. The van der Waals surface area contributed by atoms with E-state index in [2.05, 4.69) is 5.32 Å². The van der Waals surface area contributed by atoms with Crippen molar-refractivity contribution in [2.75, 3.05) is 19.0 Å². The number of rotatable bonds is 5. The molecule has 5 heteroatoms. The van der Waals surface area contributed by atoms with Crippen molar-refractivity contribution in [1.82, 2.24) is 0 Å². The Labute approximate surface area is 141 Å². The van der Waals surface area contributed by atoms with Gasteiger partial charge < -0.3 is 14.8 Å². The second kappa shape index (κ2) is 7.51. The lowest BCUT2D eigenvalue weighted by atomic mass is 10.1. The minimum absolute atomic E-state index is 0.272. The molecular formula is C19H20N2O3. The SMILES string of the molecule is CCOc1c(OC)cc(C#N)cc1C(=O)Nc1cc(C)ccc1C. The Bertz CT molecular complexity index is 807. The zero-order chi connectivity index (χ0) is 17.7. The lowest BCUT2D eigenvalue weighted by molar-refractivity contribution is 0.102. The first-order valence-electron chi connectivity index (χ1n) is 7.63. The summed E-state index contributed by atoms with van der Waals surface area (Å²) in [6.45, 7) is 6.08. The number of hydrogen-bond acceptors (Lipinski definition) is 4. The average Bonchev–Trinajstić information content (AvgIpc) is 2.58. The molecule has 2 aromatic rings. The van der Waals surface area contributed by atoms with E-state index >= 15 is 0 Å². The Morgan fingerprint density at radius 1 is 1.25 bits per heavy atom. The molecule has 2 aromatic carbocycles. The van der Waals surface area contributed by atoms with Crippen LogP contribution >= 0.6 is 0 Å². The molecule has 5 nitrogen and oxygen atoms in total. The van der Waals surface area contributed by atoms with Gasteiger partial charge >= 0.3 is 0 Å². The van der Waals surface area contributed by atoms with Crippen LogP contribution in [0.5, 0.6) is 11.5 Å². The molecule has 124 valence electrons. The molecule has 0 saturated heterocycles. The van der Waals surface area contributed by atoms with Crippen LogP contribution in [0.1, 0.15) is 34.0 Å². The van der Waals surface area contributed by atoms with Gasteiger partial charge in [-0.05, 0) is 44.0 Å². The van der Waals surface area contributed by atoms with Gasteiger partial charge in [0.15, 0.2) is 11.5 Å². The highest BCUT2D eigenvalue weighted by molar-refractivity contribution is 6.07. The van der Waals surface area contributed by atoms with Gasteiger partial charge in [-0.3, -0.25) is 4.79 Å². The van der Waals surface area contributed by atoms with Gasteiger partial charge in [0.25, 0.3) is 5.91 Å². The standard InChI is InChI=1S/C19H20N2O3/c1-5-24-18-15(9-14(11-20)10-17(18)23-4)19(22)21-16-8-12(2)6-7-13(16)3/h6-10H,5H2,1-4H3,(H,21,22). The van der Waals surface area contributed by atoms with E-state index in [1.165, 1.54) is 13.2 Å². The van der Waals surface area contributed by atoms with Gasteiger partial charge in [-0.2, -0.15) is 5.26 Å². The van der Waals surface area contributed by atoms with Crippen molar-refractivity contribution in [2.24, 2.45) is 0 Å². The van der Waals surface area contributed by atoms with E-state index in [4.69, 9.17) is 9.47 Å². The highest BCUT2D eigenvalue weighted by Crippen LogP contribution is 2.33. The van der Waals surface area contributed by atoms with Gasteiger partial charge in [0.05, 0.1) is 30.9 Å². The summed E-state index contributed by atoms with van der Waals surface area (Å²) in [6.07, 6.45) is 0. The maximum atomic E-state index is 12.8. The van der Waals surface area contributed by atoms with Crippen LogP contribution in [-0.4, -0.2) is 19.6 Å². The van der Waals surface area contributed by atoms with Crippen LogP contribution in [0.4, 0.5) is 5.69 Å². The summed E-state index contributed by atoms with van der Waals surface area (Å²) in [5.41, 5.74) is 3.33. The monoisotopic (exact) mass is 324 g/mol. The third-order valence-corrected chi connectivity index (χ3v) is 3.58. The molecule has 0 unspecified atom stereocenters. The highest BCUT2D eigenvalue weighted by Gasteiger charge is 2.20. The van der Waals surface area contributed by atoms with E-state index < -0.39 is 0 Å². The van der Waals surface area contributed by atoms with Crippen molar-refractivity contribution in [1.29, 1.82) is 5.26 Å². The minimum Gasteiger partial charge on any atom is -0.493 e. The molecule has 0 fully saturated rings. The number of aryl methyl sites for hydroxylation is 2. The zero-order valence-corrected chi connectivity index (χ0v) is 14.3. The predicted molar refractivity (Wildman–Crippen MR) is 92.7 cm³/mol. The first-order chi connectivity index (χ1) is 11.5. The Hall–Kier alpha value is -3.00. The van der Waals surface area contributed by atoms with Crippen LogP contribution < -0.4 is 14.8 Å². The van der Waals surface area contributed by atoms with Crippen LogP contribution in [0.2, 0.25) is 0 Å². The van der Waals surface area contributed by atoms with Crippen molar-refractivity contribution in [2.45, 2.75) is 20.8 Å². The third-order valence-electron chi connectivity index (χ3n) is 3.58. The van der Waals surface area contributed by atoms with Gasteiger partial charge in [-0.15, -0.1) is 0 Å². The number of nitriles is 1. The molecular weight excluding hydrogens is 304 g/mol. The number of amides is 1. The number of anilines is 1. The molecule has 0 heterocycles. The molecule has 0 radical (unpaired) electrons. The smallest absolute Gasteiger partial charge is 0.259 e. The van der Waals surface area contributed by atoms with E-state index in [0.29, 0.717) is 23.7 Å². The number of ether oxygens (including phenoxy) is 2. The van der Waals surface area contributed by atoms with E-state index in [0.717, 1.165) is 16.8 Å². The molecule has 0 aromatic heterocycles. The number of benzene rings is 2. The molecule has 0 spiro atoms. The molecule has 0 aliphatic carbocycles. The second-order valence-electron chi connectivity index (χ2n) is 5.37. The predicted octanol–water partition coefficient (Wildman–Crippen LogP) is 3.83. The van der Waals surface area contributed by atoms with Crippen molar-refractivity contribution in [3.8, 4) is 17.6 Å². The van der Waals surface area contributed by atoms with E-state index in [1.54, 1.807) is 6.07 Å². The van der Waals surface area contributed by atoms with Gasteiger partial charge in [0.2, 0.25) is 0 Å². The fourth-order valence-corrected chi connectivity index (χ4v) is 2.34. The molecule has 24 heavy (non-hydrogen) atoms. The van der Waals surface area contributed by atoms with Gasteiger partial charge in [0, 0.05) is 11.8 Å². The Morgan fingerprint density at radius 3 is 2.62 bits per heavy atom. The summed E-state index contributed by atoms with van der Waals surface area (Å²) in [6, 6.07) is 10.9. The topological polar surface area (TPSA) is 71.3 Å². The minimum atomic E-state index is -0.345. The fourth-order valence-electron chi connectivity index (χ4n) is 2.34. The summed E-state index contributed by atoms with van der Waals surface area (Å²) in [4.78, 5) is 12.8. The van der Waals surface area contributed by atoms with Crippen molar-refractivity contribution < 1.29 is 14.3 Å². The molecule has 0 aliphatic heterocycles. The molecule has 0 atom stereocenters. The number of methoxy groups -OCH3 is 1. The van der Waals surface area contributed by atoms with Gasteiger partial charge in [-0.1, -0.05) is 12.1 Å². The summed E-state index contributed by atoms with van der Waals surface area (Å²) < 4.78 is 10.8. The van der Waals surface area contributed by atoms with Crippen molar-refractivity contribution in [3.05, 3.63) is 52.6 Å².